The summed E-state index contributed by atoms with van der Waals surface area (Å²) in [7, 11) is 1.54. The van der Waals surface area contributed by atoms with Crippen LogP contribution in [0.4, 0.5) is 5.69 Å². The van der Waals surface area contributed by atoms with E-state index in [0.717, 1.165) is 31.2 Å². The number of carbonyl (C=O) groups is 2. The van der Waals surface area contributed by atoms with Crippen molar-refractivity contribution in [3.8, 4) is 16.2 Å². The van der Waals surface area contributed by atoms with Gasteiger partial charge in [0.2, 0.25) is 11.8 Å². The second kappa shape index (κ2) is 10.5. The van der Waals surface area contributed by atoms with E-state index in [1.807, 2.05) is 37.3 Å². The zero-order valence-corrected chi connectivity index (χ0v) is 19.8. The monoisotopic (exact) mass is 478 g/mol. The lowest BCUT2D eigenvalue weighted by Gasteiger charge is -2.11. The van der Waals surface area contributed by atoms with Gasteiger partial charge in [-0.3, -0.25) is 9.59 Å². The lowest BCUT2D eigenvalue weighted by Crippen LogP contribution is -2.34. The second-order valence-electron chi connectivity index (χ2n) is 7.19. The Bertz CT molecular complexity index is 1290. The topological polar surface area (TPSA) is 93.2 Å². The van der Waals surface area contributed by atoms with Crippen LogP contribution >= 0.6 is 23.1 Å². The summed E-state index contributed by atoms with van der Waals surface area (Å²) in [6.07, 6.45) is 1.51. The van der Waals surface area contributed by atoms with Gasteiger partial charge in [-0.05, 0) is 36.2 Å². The van der Waals surface area contributed by atoms with Crippen LogP contribution in [-0.2, 0) is 9.59 Å². The number of hydrogen-bond acceptors (Lipinski definition) is 7. The van der Waals surface area contributed by atoms with Crippen molar-refractivity contribution in [1.82, 2.24) is 15.3 Å². The van der Waals surface area contributed by atoms with Crippen molar-refractivity contribution in [2.45, 2.75) is 11.9 Å². The maximum atomic E-state index is 12.3. The molecule has 0 spiro atoms. The fourth-order valence-corrected chi connectivity index (χ4v) is 5.04. The molecule has 4 rings (SSSR count). The first-order valence-corrected chi connectivity index (χ1v) is 12.0. The van der Waals surface area contributed by atoms with Gasteiger partial charge in [0, 0.05) is 10.3 Å². The molecular weight excluding hydrogens is 456 g/mol. The molecule has 0 aliphatic carbocycles. The van der Waals surface area contributed by atoms with Crippen LogP contribution in [0.25, 0.3) is 20.7 Å². The Hall–Kier alpha value is -3.43. The second-order valence-corrected chi connectivity index (χ2v) is 9.19. The molecule has 2 amide bonds. The van der Waals surface area contributed by atoms with Gasteiger partial charge in [-0.1, -0.05) is 48.2 Å². The number of carbonyl (C=O) groups excluding carboxylic acids is 2. The van der Waals surface area contributed by atoms with E-state index in [0.29, 0.717) is 11.4 Å². The zero-order chi connectivity index (χ0) is 23.2. The lowest BCUT2D eigenvalue weighted by molar-refractivity contribution is -0.122. The fraction of sp³-hybridized carbons (Fsp3) is 0.167. The normalized spacial score (nSPS) is 10.7. The number of aryl methyl sites for hydroxylation is 1. The molecule has 33 heavy (non-hydrogen) atoms. The molecule has 2 heterocycles. The molecule has 2 N–H and O–H groups in total. The van der Waals surface area contributed by atoms with Crippen LogP contribution in [0.3, 0.4) is 0 Å². The molecule has 0 aliphatic heterocycles. The predicted molar refractivity (Wildman–Crippen MR) is 133 cm³/mol. The maximum absolute atomic E-state index is 12.3. The molecule has 7 nitrogen and oxygen atoms in total. The Kier molecular flexibility index (Phi) is 7.21. The maximum Gasteiger partial charge on any atom is 0.243 e. The Balaban J connectivity index is 1.34. The van der Waals surface area contributed by atoms with Gasteiger partial charge >= 0.3 is 0 Å². The van der Waals surface area contributed by atoms with Gasteiger partial charge < -0.3 is 15.4 Å². The summed E-state index contributed by atoms with van der Waals surface area (Å²) in [5.41, 5.74) is 2.68. The predicted octanol–water partition coefficient (Wildman–Crippen LogP) is 4.52. The van der Waals surface area contributed by atoms with Gasteiger partial charge in [0.1, 0.15) is 21.9 Å². The Morgan fingerprint density at radius 2 is 1.88 bits per heavy atom. The number of nitrogens with zero attached hydrogens (tertiary/aromatic N) is 2. The van der Waals surface area contributed by atoms with E-state index < -0.39 is 0 Å². The van der Waals surface area contributed by atoms with Gasteiger partial charge in [-0.25, -0.2) is 9.97 Å². The summed E-state index contributed by atoms with van der Waals surface area (Å²) < 4.78 is 5.26. The molecule has 2 aromatic carbocycles. The van der Waals surface area contributed by atoms with Crippen LogP contribution in [0.5, 0.6) is 5.75 Å². The van der Waals surface area contributed by atoms with Gasteiger partial charge in [-0.2, -0.15) is 0 Å². The van der Waals surface area contributed by atoms with E-state index in [4.69, 9.17) is 4.74 Å². The van der Waals surface area contributed by atoms with Crippen LogP contribution in [0.2, 0.25) is 0 Å². The molecule has 0 atom stereocenters. The smallest absolute Gasteiger partial charge is 0.243 e. The van der Waals surface area contributed by atoms with E-state index in [1.165, 1.54) is 18.1 Å². The van der Waals surface area contributed by atoms with Gasteiger partial charge in [0.15, 0.2) is 0 Å². The minimum absolute atomic E-state index is 0.133. The highest BCUT2D eigenvalue weighted by Crippen LogP contribution is 2.36. The quantitative estimate of drug-likeness (QED) is 0.286. The van der Waals surface area contributed by atoms with Crippen LogP contribution in [-0.4, -0.2) is 41.2 Å². The molecular formula is C24H22N4O3S2. The van der Waals surface area contributed by atoms with Crippen molar-refractivity contribution in [3.05, 3.63) is 66.5 Å². The third-order valence-electron chi connectivity index (χ3n) is 4.77. The van der Waals surface area contributed by atoms with E-state index >= 15 is 0 Å². The Labute approximate surface area is 199 Å². The first kappa shape index (κ1) is 22.8. The highest BCUT2D eigenvalue weighted by atomic mass is 32.2. The third kappa shape index (κ3) is 5.68. The number of thioether (sulfide) groups is 1. The molecule has 0 unspecified atom stereocenters. The van der Waals surface area contributed by atoms with Gasteiger partial charge in [0.05, 0.1) is 25.1 Å². The van der Waals surface area contributed by atoms with Gasteiger partial charge in [-0.15, -0.1) is 11.3 Å². The van der Waals surface area contributed by atoms with Crippen molar-refractivity contribution in [3.63, 3.8) is 0 Å². The molecule has 0 fully saturated rings. The minimum Gasteiger partial charge on any atom is -0.495 e. The van der Waals surface area contributed by atoms with Crippen molar-refractivity contribution >= 4 is 50.8 Å². The Morgan fingerprint density at radius 3 is 2.67 bits per heavy atom. The molecule has 2 aromatic heterocycles. The Morgan fingerprint density at radius 1 is 1.06 bits per heavy atom. The number of methoxy groups -OCH3 is 1. The number of benzene rings is 2. The lowest BCUT2D eigenvalue weighted by atomic mass is 10.2. The summed E-state index contributed by atoms with van der Waals surface area (Å²) in [4.78, 5) is 35.3. The summed E-state index contributed by atoms with van der Waals surface area (Å²) in [6.45, 7) is 1.79. The highest BCUT2D eigenvalue weighted by Gasteiger charge is 2.13. The number of fused-ring (bicyclic) bond motifs is 1. The van der Waals surface area contributed by atoms with E-state index in [2.05, 4.69) is 38.8 Å². The van der Waals surface area contributed by atoms with Crippen molar-refractivity contribution in [2.24, 2.45) is 0 Å². The van der Waals surface area contributed by atoms with Crippen LogP contribution in [0.15, 0.2) is 66.0 Å². The molecule has 0 radical (unpaired) electrons. The van der Waals surface area contributed by atoms with Crippen LogP contribution < -0.4 is 15.4 Å². The molecule has 0 saturated carbocycles. The third-order valence-corrected chi connectivity index (χ3v) is 6.86. The minimum atomic E-state index is -0.327. The first-order valence-electron chi connectivity index (χ1n) is 10.2. The number of anilines is 1. The number of nitrogens with one attached hydrogen (secondary N) is 2. The summed E-state index contributed by atoms with van der Waals surface area (Å²) in [6, 6.07) is 17.6. The number of hydrogen-bond donors (Lipinski definition) is 2. The summed E-state index contributed by atoms with van der Waals surface area (Å²) in [5.74, 6) is 0.127. The largest absolute Gasteiger partial charge is 0.495 e. The standard InChI is InChI=1S/C24H22N4O3S2/c1-15-8-9-19(31-2)18(10-15)28-21(29)12-25-22(30)13-32-23-17-11-20(16-6-4-3-5-7-16)33-24(17)27-14-26-23/h3-11,14H,12-13H2,1-2H3,(H,25,30)(H,28,29). The number of rotatable bonds is 8. The summed E-state index contributed by atoms with van der Waals surface area (Å²) >= 11 is 2.91. The molecule has 0 aliphatic rings. The first-order chi connectivity index (χ1) is 16.0. The number of aromatic nitrogens is 2. The van der Waals surface area contributed by atoms with Crippen molar-refractivity contribution < 1.29 is 14.3 Å². The number of thiophene rings is 1. The van der Waals surface area contributed by atoms with Crippen molar-refractivity contribution in [2.75, 3.05) is 24.7 Å². The fourth-order valence-electron chi connectivity index (χ4n) is 3.17. The van der Waals surface area contributed by atoms with Crippen LogP contribution in [0, 0.1) is 6.92 Å². The number of ether oxygens (including phenoxy) is 1. The SMILES string of the molecule is COc1ccc(C)cc1NC(=O)CNC(=O)CSc1ncnc2sc(-c3ccccc3)cc12. The van der Waals surface area contributed by atoms with E-state index in [1.54, 1.807) is 24.5 Å². The van der Waals surface area contributed by atoms with Gasteiger partial charge in [0.25, 0.3) is 0 Å². The molecule has 4 aromatic rings. The molecule has 0 bridgehead atoms. The number of amides is 2. The molecule has 0 saturated heterocycles. The molecule has 9 heteroatoms. The zero-order valence-electron chi connectivity index (χ0n) is 18.1. The average molecular weight is 479 g/mol. The molecule has 168 valence electrons. The van der Waals surface area contributed by atoms with E-state index in [9.17, 15) is 9.59 Å². The summed E-state index contributed by atoms with van der Waals surface area (Å²) in [5, 5.41) is 7.08. The van der Waals surface area contributed by atoms with Crippen LogP contribution in [0.1, 0.15) is 5.56 Å². The highest BCUT2D eigenvalue weighted by molar-refractivity contribution is 8.00. The average Bonchev–Trinajstić information content (AvgIpc) is 3.27. The van der Waals surface area contributed by atoms with E-state index in [-0.39, 0.29) is 24.1 Å². The van der Waals surface area contributed by atoms with Crippen molar-refractivity contribution in [1.29, 1.82) is 0 Å².